The van der Waals surface area contributed by atoms with Gasteiger partial charge in [0.25, 0.3) is 11.8 Å². The summed E-state index contributed by atoms with van der Waals surface area (Å²) in [6.07, 6.45) is 1.42. The van der Waals surface area contributed by atoms with Crippen molar-refractivity contribution >= 4 is 62.8 Å². The van der Waals surface area contributed by atoms with Crippen LogP contribution < -0.4 is 19.7 Å². The molecule has 0 bridgehead atoms. The van der Waals surface area contributed by atoms with E-state index in [9.17, 15) is 14.4 Å². The van der Waals surface area contributed by atoms with Crippen LogP contribution in [0.2, 0.25) is 0 Å². The van der Waals surface area contributed by atoms with E-state index in [4.69, 9.17) is 26.8 Å². The molecule has 0 radical (unpaired) electrons. The van der Waals surface area contributed by atoms with E-state index in [0.29, 0.717) is 40.4 Å². The minimum Gasteiger partial charge on any atom is -0.493 e. The predicted octanol–water partition coefficient (Wildman–Crippen LogP) is 3.78. The second kappa shape index (κ2) is 9.92. The van der Waals surface area contributed by atoms with E-state index < -0.39 is 17.8 Å². The zero-order valence-corrected chi connectivity index (χ0v) is 19.6. The number of benzene rings is 2. The second-order valence-electron chi connectivity index (χ2n) is 6.50. The fourth-order valence-electron chi connectivity index (χ4n) is 3.01. The van der Waals surface area contributed by atoms with Crippen LogP contribution in [0.5, 0.6) is 11.5 Å². The number of amides is 2. The summed E-state index contributed by atoms with van der Waals surface area (Å²) < 4.78 is 11.9. The van der Waals surface area contributed by atoms with Gasteiger partial charge in [-0.15, -0.1) is 0 Å². The van der Waals surface area contributed by atoms with Crippen molar-refractivity contribution in [3.05, 3.63) is 57.6 Å². The lowest BCUT2D eigenvalue weighted by atomic mass is 10.1. The van der Waals surface area contributed by atoms with E-state index in [0.717, 1.165) is 4.90 Å². The number of carbonyl (C=O) groups is 3. The lowest BCUT2D eigenvalue weighted by molar-refractivity contribution is -0.122. The number of hydrogen-bond donors (Lipinski definition) is 2. The molecule has 0 atom stereocenters. The molecular weight excluding hydrogens is 500 g/mol. The van der Waals surface area contributed by atoms with Crippen LogP contribution in [0.3, 0.4) is 0 Å². The molecule has 1 saturated heterocycles. The normalized spacial score (nSPS) is 15.0. The number of carboxylic acid groups (broad SMARTS) is 1. The molecule has 2 amide bonds. The minimum absolute atomic E-state index is 0.0597. The number of ether oxygens (including phenoxy) is 2. The molecule has 2 aromatic carbocycles. The van der Waals surface area contributed by atoms with Crippen molar-refractivity contribution in [2.45, 2.75) is 13.8 Å². The topological polar surface area (TPSA) is 105 Å². The number of anilines is 1. The van der Waals surface area contributed by atoms with Crippen LogP contribution in [0.25, 0.3) is 6.08 Å². The molecule has 32 heavy (non-hydrogen) atoms. The minimum atomic E-state index is -1.09. The van der Waals surface area contributed by atoms with Crippen molar-refractivity contribution < 1.29 is 29.0 Å². The maximum Gasteiger partial charge on any atom is 0.335 e. The predicted molar refractivity (Wildman–Crippen MR) is 126 cm³/mol. The molecule has 0 aliphatic carbocycles. The molecule has 166 valence electrons. The van der Waals surface area contributed by atoms with Gasteiger partial charge in [0.05, 0.1) is 28.9 Å². The summed E-state index contributed by atoms with van der Waals surface area (Å²) in [7, 11) is 0. The third-order valence-corrected chi connectivity index (χ3v) is 5.34. The van der Waals surface area contributed by atoms with Gasteiger partial charge in [-0.3, -0.25) is 19.8 Å². The van der Waals surface area contributed by atoms with E-state index in [2.05, 4.69) is 21.2 Å². The van der Waals surface area contributed by atoms with E-state index in [-0.39, 0.29) is 16.2 Å². The average molecular weight is 519 g/mol. The first-order valence-electron chi connectivity index (χ1n) is 9.60. The maximum absolute atomic E-state index is 13.2. The fourth-order valence-corrected chi connectivity index (χ4v) is 3.77. The molecular formula is C22H19BrN2O6S. The molecule has 10 heteroatoms. The summed E-state index contributed by atoms with van der Waals surface area (Å²) in [4.78, 5) is 38.0. The van der Waals surface area contributed by atoms with Crippen LogP contribution in [0.15, 0.2) is 46.4 Å². The number of thiocarbonyl (C=S) groups is 1. The third-order valence-electron chi connectivity index (χ3n) is 4.44. The highest BCUT2D eigenvalue weighted by Crippen LogP contribution is 2.35. The summed E-state index contributed by atoms with van der Waals surface area (Å²) in [6, 6.07) is 8.97. The first-order valence-corrected chi connectivity index (χ1v) is 10.8. The van der Waals surface area contributed by atoms with Gasteiger partial charge in [0.1, 0.15) is 17.1 Å². The largest absolute Gasteiger partial charge is 0.493 e. The number of carboxylic acids is 1. The van der Waals surface area contributed by atoms with Crippen LogP contribution in [0, 0.1) is 0 Å². The Kier molecular flexibility index (Phi) is 7.26. The van der Waals surface area contributed by atoms with Crippen molar-refractivity contribution in [2.24, 2.45) is 0 Å². The lowest BCUT2D eigenvalue weighted by Gasteiger charge is -2.29. The molecule has 0 saturated carbocycles. The molecule has 1 heterocycles. The van der Waals surface area contributed by atoms with Crippen LogP contribution in [0.4, 0.5) is 5.69 Å². The SMILES string of the molecule is CCOc1cc(OCC)c(/C=C2\C(=O)NC(=S)N(c3ccc(C(=O)O)cc3)C2=O)cc1Br. The highest BCUT2D eigenvalue weighted by atomic mass is 79.9. The van der Waals surface area contributed by atoms with Crippen molar-refractivity contribution in [1.29, 1.82) is 0 Å². The summed E-state index contributed by atoms with van der Waals surface area (Å²) in [5.74, 6) is -1.38. The zero-order valence-electron chi connectivity index (χ0n) is 17.2. The highest BCUT2D eigenvalue weighted by molar-refractivity contribution is 9.10. The summed E-state index contributed by atoms with van der Waals surface area (Å²) in [5.41, 5.74) is 0.728. The van der Waals surface area contributed by atoms with Crippen LogP contribution in [-0.2, 0) is 9.59 Å². The Balaban J connectivity index is 2.04. The molecule has 1 fully saturated rings. The molecule has 8 nitrogen and oxygen atoms in total. The van der Waals surface area contributed by atoms with Gasteiger partial charge in [-0.05, 0) is 78.4 Å². The summed E-state index contributed by atoms with van der Waals surface area (Å²) >= 11 is 8.61. The van der Waals surface area contributed by atoms with Crippen LogP contribution in [-0.4, -0.2) is 41.2 Å². The molecule has 3 rings (SSSR count). The Hall–Kier alpha value is -3.24. The molecule has 2 aromatic rings. The van der Waals surface area contributed by atoms with Crippen molar-refractivity contribution in [2.75, 3.05) is 18.1 Å². The molecule has 0 unspecified atom stereocenters. The van der Waals surface area contributed by atoms with Gasteiger partial charge in [-0.1, -0.05) is 0 Å². The Morgan fingerprint density at radius 1 is 1.12 bits per heavy atom. The summed E-state index contributed by atoms with van der Waals surface area (Å²) in [5, 5.41) is 11.5. The third kappa shape index (κ3) is 4.81. The molecule has 0 spiro atoms. The molecule has 0 aromatic heterocycles. The standard InChI is InChI=1S/C22H19BrN2O6S/c1-3-30-17-11-18(31-4-2)16(23)10-13(17)9-15-19(26)24-22(32)25(20(15)27)14-7-5-12(6-8-14)21(28)29/h5-11H,3-4H2,1-2H3,(H,28,29)(H,24,26,32)/b15-9+. The highest BCUT2D eigenvalue weighted by Gasteiger charge is 2.34. The number of halogens is 1. The van der Waals surface area contributed by atoms with E-state index in [1.807, 2.05) is 13.8 Å². The van der Waals surface area contributed by atoms with Gasteiger partial charge in [0.2, 0.25) is 0 Å². The number of aromatic carboxylic acids is 1. The first kappa shape index (κ1) is 23.4. The smallest absolute Gasteiger partial charge is 0.335 e. The molecule has 2 N–H and O–H groups in total. The summed E-state index contributed by atoms with van der Waals surface area (Å²) in [6.45, 7) is 4.50. The molecule has 1 aliphatic heterocycles. The quantitative estimate of drug-likeness (QED) is 0.326. The van der Waals surface area contributed by atoms with Gasteiger partial charge in [0.15, 0.2) is 5.11 Å². The van der Waals surface area contributed by atoms with E-state index in [1.54, 1.807) is 12.1 Å². The van der Waals surface area contributed by atoms with Gasteiger partial charge in [-0.2, -0.15) is 0 Å². The van der Waals surface area contributed by atoms with Crippen molar-refractivity contribution in [3.8, 4) is 11.5 Å². The number of hydrogen-bond acceptors (Lipinski definition) is 6. The van der Waals surface area contributed by atoms with E-state index >= 15 is 0 Å². The molecule has 1 aliphatic rings. The Bertz CT molecular complexity index is 1130. The van der Waals surface area contributed by atoms with Gasteiger partial charge >= 0.3 is 5.97 Å². The van der Waals surface area contributed by atoms with Gasteiger partial charge in [-0.25, -0.2) is 4.79 Å². The Morgan fingerprint density at radius 2 is 1.75 bits per heavy atom. The fraction of sp³-hybridized carbons (Fsp3) is 0.182. The Labute approximate surface area is 197 Å². The number of nitrogens with one attached hydrogen (secondary N) is 1. The monoisotopic (exact) mass is 518 g/mol. The first-order chi connectivity index (χ1) is 15.3. The number of carbonyl (C=O) groups excluding carboxylic acids is 2. The average Bonchev–Trinajstić information content (AvgIpc) is 2.74. The Morgan fingerprint density at radius 3 is 2.34 bits per heavy atom. The van der Waals surface area contributed by atoms with Crippen LogP contribution in [0.1, 0.15) is 29.8 Å². The van der Waals surface area contributed by atoms with E-state index in [1.165, 1.54) is 30.3 Å². The number of nitrogens with zero attached hydrogens (tertiary/aromatic N) is 1. The lowest BCUT2D eigenvalue weighted by Crippen LogP contribution is -2.54. The number of rotatable bonds is 7. The van der Waals surface area contributed by atoms with Crippen LogP contribution >= 0.6 is 28.1 Å². The van der Waals surface area contributed by atoms with Gasteiger partial charge < -0.3 is 14.6 Å². The zero-order chi connectivity index (χ0) is 23.4. The van der Waals surface area contributed by atoms with Crippen molar-refractivity contribution in [3.63, 3.8) is 0 Å². The van der Waals surface area contributed by atoms with Crippen molar-refractivity contribution in [1.82, 2.24) is 5.32 Å². The maximum atomic E-state index is 13.2. The van der Waals surface area contributed by atoms with Gasteiger partial charge in [0, 0.05) is 11.6 Å². The second-order valence-corrected chi connectivity index (χ2v) is 7.74.